The van der Waals surface area contributed by atoms with Crippen molar-refractivity contribution in [2.75, 3.05) is 6.61 Å². The van der Waals surface area contributed by atoms with Crippen LogP contribution in [0.3, 0.4) is 0 Å². The average Bonchev–Trinajstić information content (AvgIpc) is 3.27. The first kappa shape index (κ1) is 28.5. The Morgan fingerprint density at radius 3 is 2.21 bits per heavy atom. The Hall–Kier alpha value is -2.48. The average molecular weight is 531 g/mol. The highest BCUT2D eigenvalue weighted by molar-refractivity contribution is 6.00. The number of hydrogen-bond acceptors (Lipinski definition) is 8. The maximum Gasteiger partial charge on any atom is 0.309 e. The van der Waals surface area contributed by atoms with E-state index >= 15 is 0 Å². The topological polar surface area (TPSA) is 116 Å². The van der Waals surface area contributed by atoms with Crippen molar-refractivity contribution in [2.45, 2.75) is 86.0 Å². The van der Waals surface area contributed by atoms with Crippen molar-refractivity contribution < 1.29 is 38.5 Å². The van der Waals surface area contributed by atoms with Crippen LogP contribution in [-0.4, -0.2) is 52.7 Å². The molecule has 0 aromatic heterocycles. The van der Waals surface area contributed by atoms with Gasteiger partial charge in [-0.2, -0.15) is 0 Å². The maximum atomic E-state index is 13.2. The molecule has 0 aliphatic heterocycles. The van der Waals surface area contributed by atoms with Gasteiger partial charge >= 0.3 is 17.9 Å². The number of carbonyl (C=O) groups is 4. The highest BCUT2D eigenvalue weighted by Crippen LogP contribution is 2.77. The van der Waals surface area contributed by atoms with E-state index < -0.39 is 82.1 Å². The van der Waals surface area contributed by atoms with Crippen LogP contribution in [0, 0.1) is 46.8 Å². The van der Waals surface area contributed by atoms with Gasteiger partial charge < -0.3 is 19.3 Å². The summed E-state index contributed by atoms with van der Waals surface area (Å²) in [5.74, 6) is -4.96. The second-order valence-electron chi connectivity index (χ2n) is 12.8. The number of Topliss-reactive ketones (excluding diaryl/α,β-unsaturated/α-hetero) is 1. The van der Waals surface area contributed by atoms with Crippen LogP contribution >= 0.6 is 0 Å². The zero-order valence-corrected chi connectivity index (χ0v) is 24.0. The predicted molar refractivity (Wildman–Crippen MR) is 138 cm³/mol. The van der Waals surface area contributed by atoms with E-state index in [0.717, 1.165) is 5.57 Å². The van der Waals surface area contributed by atoms with Crippen LogP contribution in [0.5, 0.6) is 0 Å². The lowest BCUT2D eigenvalue weighted by Crippen LogP contribution is -2.64. The number of rotatable bonds is 6. The summed E-state index contributed by atoms with van der Waals surface area (Å²) in [5, 5.41) is 12.8. The molecule has 9 atom stereocenters. The molecule has 0 saturated heterocycles. The van der Waals surface area contributed by atoms with Gasteiger partial charge in [0, 0.05) is 36.5 Å². The zero-order chi connectivity index (χ0) is 28.5. The minimum Gasteiger partial charge on any atom is -0.465 e. The largest absolute Gasteiger partial charge is 0.465 e. The molecule has 4 rings (SSSR count). The van der Waals surface area contributed by atoms with Gasteiger partial charge in [0.05, 0.1) is 22.9 Å². The minimum absolute atomic E-state index is 0.0151. The smallest absolute Gasteiger partial charge is 0.309 e. The number of aliphatic hydroxyl groups is 1. The summed E-state index contributed by atoms with van der Waals surface area (Å²) in [4.78, 5) is 51.3. The Morgan fingerprint density at radius 2 is 1.66 bits per heavy atom. The molecule has 38 heavy (non-hydrogen) atoms. The van der Waals surface area contributed by atoms with E-state index in [9.17, 15) is 24.3 Å². The third-order valence-electron chi connectivity index (χ3n) is 9.62. The highest BCUT2D eigenvalue weighted by atomic mass is 16.6. The molecule has 0 bridgehead atoms. The Balaban J connectivity index is 1.95. The van der Waals surface area contributed by atoms with Gasteiger partial charge in [-0.05, 0) is 25.8 Å². The van der Waals surface area contributed by atoms with Crippen molar-refractivity contribution in [3.05, 3.63) is 23.3 Å². The zero-order valence-electron chi connectivity index (χ0n) is 24.0. The summed E-state index contributed by atoms with van der Waals surface area (Å²) in [6.45, 7) is 15.6. The van der Waals surface area contributed by atoms with Gasteiger partial charge in [0.25, 0.3) is 0 Å². The highest BCUT2D eigenvalue weighted by Gasteiger charge is 2.89. The molecule has 0 amide bonds. The molecule has 8 heteroatoms. The molecular weight excluding hydrogens is 488 g/mol. The predicted octanol–water partition coefficient (Wildman–Crippen LogP) is 3.80. The van der Waals surface area contributed by atoms with Crippen LogP contribution in [0.4, 0.5) is 0 Å². The van der Waals surface area contributed by atoms with Crippen molar-refractivity contribution in [1.29, 1.82) is 0 Å². The Kier molecular flexibility index (Phi) is 6.99. The molecule has 0 spiro atoms. The Bertz CT molecular complexity index is 1120. The van der Waals surface area contributed by atoms with Gasteiger partial charge in [0.15, 0.2) is 11.4 Å². The third kappa shape index (κ3) is 3.89. The van der Waals surface area contributed by atoms with Gasteiger partial charge in [-0.15, -0.1) is 0 Å². The summed E-state index contributed by atoms with van der Waals surface area (Å²) in [6.07, 6.45) is 3.37. The molecule has 8 nitrogen and oxygen atoms in total. The first-order valence-corrected chi connectivity index (χ1v) is 13.7. The number of hydrogen-bond donors (Lipinski definition) is 1. The number of ketones is 1. The summed E-state index contributed by atoms with van der Waals surface area (Å²) in [6, 6.07) is 0. The van der Waals surface area contributed by atoms with Crippen LogP contribution in [0.1, 0.15) is 68.7 Å². The quantitative estimate of drug-likeness (QED) is 0.313. The Labute approximate surface area is 225 Å². The van der Waals surface area contributed by atoms with Gasteiger partial charge in [0.2, 0.25) is 0 Å². The fourth-order valence-corrected chi connectivity index (χ4v) is 7.56. The molecule has 4 aliphatic rings. The van der Waals surface area contributed by atoms with E-state index in [1.165, 1.54) is 6.92 Å². The molecule has 0 radical (unpaired) electrons. The van der Waals surface area contributed by atoms with Crippen molar-refractivity contribution in [1.82, 2.24) is 0 Å². The van der Waals surface area contributed by atoms with Gasteiger partial charge in [-0.1, -0.05) is 59.3 Å². The molecule has 210 valence electrons. The maximum absolute atomic E-state index is 13.2. The number of allylic oxidation sites excluding steroid dienone is 2. The van der Waals surface area contributed by atoms with Gasteiger partial charge in [-0.3, -0.25) is 19.2 Å². The van der Waals surface area contributed by atoms with Crippen molar-refractivity contribution in [2.24, 2.45) is 46.8 Å². The molecule has 2 saturated carbocycles. The van der Waals surface area contributed by atoms with E-state index in [4.69, 9.17) is 14.2 Å². The number of fused-ring (bicyclic) bond motifs is 5. The number of ether oxygens (including phenoxy) is 3. The lowest BCUT2D eigenvalue weighted by atomic mass is 9.59. The van der Waals surface area contributed by atoms with E-state index in [1.54, 1.807) is 34.6 Å². The van der Waals surface area contributed by atoms with Crippen LogP contribution < -0.4 is 0 Å². The van der Waals surface area contributed by atoms with E-state index in [0.29, 0.717) is 12.0 Å². The molecule has 4 aliphatic carbocycles. The molecule has 0 aromatic rings. The number of carbonyl (C=O) groups excluding carboxylic acids is 4. The lowest BCUT2D eigenvalue weighted by Gasteiger charge is -2.52. The monoisotopic (exact) mass is 530 g/mol. The van der Waals surface area contributed by atoms with Crippen LogP contribution in [0.25, 0.3) is 0 Å². The summed E-state index contributed by atoms with van der Waals surface area (Å²) >= 11 is 0. The normalized spacial score (nSPS) is 41.3. The fourth-order valence-electron chi connectivity index (χ4n) is 7.56. The van der Waals surface area contributed by atoms with Crippen LogP contribution in [0.15, 0.2) is 23.3 Å². The molecular formula is C30H42O8. The third-order valence-corrected chi connectivity index (χ3v) is 9.62. The second-order valence-corrected chi connectivity index (χ2v) is 12.8. The molecule has 0 unspecified atom stereocenters. The molecule has 0 aromatic carbocycles. The van der Waals surface area contributed by atoms with Crippen LogP contribution in [0.2, 0.25) is 0 Å². The summed E-state index contributed by atoms with van der Waals surface area (Å²) in [5.41, 5.74) is -2.14. The lowest BCUT2D eigenvalue weighted by molar-refractivity contribution is -0.223. The molecule has 1 N–H and O–H groups in total. The van der Waals surface area contributed by atoms with Crippen molar-refractivity contribution in [3.63, 3.8) is 0 Å². The molecule has 0 heterocycles. The second kappa shape index (κ2) is 9.32. The van der Waals surface area contributed by atoms with Gasteiger partial charge in [-0.25, -0.2) is 0 Å². The van der Waals surface area contributed by atoms with Gasteiger partial charge in [0.1, 0.15) is 12.7 Å². The first-order chi connectivity index (χ1) is 17.5. The number of esters is 3. The van der Waals surface area contributed by atoms with E-state index in [1.807, 2.05) is 32.9 Å². The fraction of sp³-hybridized carbons (Fsp3) is 0.733. The Morgan fingerprint density at radius 1 is 1.05 bits per heavy atom. The standard InChI is InChI=1S/C30H42O8/c1-14(2)26(33)37-25-18(7)29(35)21-12-17(6)23(32)20(21)10-16(5)11-22(29)24-28(9,13-36-19(8)31)30(24,25)38-27(34)15(3)4/h11-12,14-15,18,20-22,24-25,35H,10,13H2,1-9H3/t18-,20+,21-,22+,24-,25-,28+,29+,30-/m1/s1. The first-order valence-electron chi connectivity index (χ1n) is 13.7. The minimum atomic E-state index is -1.47. The van der Waals surface area contributed by atoms with E-state index in [2.05, 4.69) is 0 Å². The summed E-state index contributed by atoms with van der Waals surface area (Å²) in [7, 11) is 0. The van der Waals surface area contributed by atoms with Crippen LogP contribution in [-0.2, 0) is 33.4 Å². The SMILES string of the molecule is CC(=O)OC[C@@]1(C)[C@H]2[C@@H]3C=C(C)C[C@@H]4C(=O)C(C)=C[C@H]4[C@@]3(O)[C@H](C)[C@@H](OC(=O)C(C)C)[C@]21OC(=O)C(C)C. The molecule has 2 fully saturated rings. The van der Waals surface area contributed by atoms with Crippen molar-refractivity contribution >= 4 is 23.7 Å². The van der Waals surface area contributed by atoms with Crippen molar-refractivity contribution in [3.8, 4) is 0 Å². The van der Waals surface area contributed by atoms with E-state index in [-0.39, 0.29) is 12.4 Å². The summed E-state index contributed by atoms with van der Waals surface area (Å²) < 4.78 is 18.0.